The van der Waals surface area contributed by atoms with Crippen LogP contribution in [0.4, 0.5) is 4.39 Å². The van der Waals surface area contributed by atoms with E-state index < -0.39 is 17.1 Å². The summed E-state index contributed by atoms with van der Waals surface area (Å²) in [5.74, 6) is -0.863. The van der Waals surface area contributed by atoms with Gasteiger partial charge in [-0.05, 0) is 0 Å². The number of nitrogens with zero attached hydrogens (tertiary/aromatic N) is 2. The van der Waals surface area contributed by atoms with Crippen LogP contribution < -0.4 is 11.2 Å². The third kappa shape index (κ3) is 1.74. The van der Waals surface area contributed by atoms with E-state index in [1.54, 1.807) is 0 Å². The quantitative estimate of drug-likeness (QED) is 0.580. The van der Waals surface area contributed by atoms with E-state index in [4.69, 9.17) is 11.6 Å². The molecule has 0 N–H and O–H groups in total. The normalized spacial score (nSPS) is 10.2. The zero-order valence-electron chi connectivity index (χ0n) is 8.88. The van der Waals surface area contributed by atoms with E-state index in [0.29, 0.717) is 0 Å². The molecule has 0 atom stereocenters. The van der Waals surface area contributed by atoms with Crippen LogP contribution in [-0.4, -0.2) is 9.13 Å². The van der Waals surface area contributed by atoms with Crippen molar-refractivity contribution < 1.29 is 4.39 Å². The zero-order valence-corrected chi connectivity index (χ0v) is 9.64. The van der Waals surface area contributed by atoms with Gasteiger partial charge >= 0.3 is 5.69 Å². The molecule has 0 aliphatic heterocycles. The first-order valence-corrected chi connectivity index (χ1v) is 4.66. The summed E-state index contributed by atoms with van der Waals surface area (Å²) in [6, 6.07) is 0. The molecule has 0 saturated carbocycles. The Kier molecular flexibility index (Phi) is 3.19. The van der Waals surface area contributed by atoms with Crippen LogP contribution in [0.25, 0.3) is 5.57 Å². The highest BCUT2D eigenvalue weighted by Gasteiger charge is 2.17. The van der Waals surface area contributed by atoms with Crippen molar-refractivity contribution in [1.82, 2.24) is 9.13 Å². The SMILES string of the molecule is C=C(F)C(=C)c1c(Cl)n(C)c(=O)n(C)c1=O. The van der Waals surface area contributed by atoms with Gasteiger partial charge in [-0.1, -0.05) is 24.8 Å². The predicted octanol–water partition coefficient (Wildman–Crippen LogP) is 1.23. The fourth-order valence-electron chi connectivity index (χ4n) is 1.21. The van der Waals surface area contributed by atoms with Gasteiger partial charge in [0.2, 0.25) is 0 Å². The standard InChI is InChI=1S/C10H10ClFN2O2/c1-5(6(2)12)7-8(11)13(3)10(16)14(4)9(7)15/h1-2H2,3-4H3. The molecule has 0 bridgehead atoms. The van der Waals surface area contributed by atoms with Crippen LogP contribution in [-0.2, 0) is 14.1 Å². The fraction of sp³-hybridized carbons (Fsp3) is 0.200. The van der Waals surface area contributed by atoms with E-state index in [9.17, 15) is 14.0 Å². The molecule has 16 heavy (non-hydrogen) atoms. The van der Waals surface area contributed by atoms with E-state index in [1.807, 2.05) is 0 Å². The maximum atomic E-state index is 12.9. The second kappa shape index (κ2) is 4.09. The lowest BCUT2D eigenvalue weighted by atomic mass is 10.1. The molecule has 0 spiro atoms. The number of allylic oxidation sites excluding steroid dienone is 2. The Hall–Kier alpha value is -1.62. The van der Waals surface area contributed by atoms with E-state index in [-0.39, 0.29) is 16.3 Å². The topological polar surface area (TPSA) is 44.0 Å². The average Bonchev–Trinajstić information content (AvgIpc) is 2.23. The summed E-state index contributed by atoms with van der Waals surface area (Å²) >= 11 is 5.80. The van der Waals surface area contributed by atoms with Gasteiger partial charge in [0.15, 0.2) is 0 Å². The highest BCUT2D eigenvalue weighted by atomic mass is 35.5. The van der Waals surface area contributed by atoms with Crippen molar-refractivity contribution in [2.24, 2.45) is 14.1 Å². The van der Waals surface area contributed by atoms with E-state index in [2.05, 4.69) is 13.2 Å². The van der Waals surface area contributed by atoms with Crippen LogP contribution in [0.15, 0.2) is 28.6 Å². The minimum atomic E-state index is -0.863. The number of halogens is 2. The molecule has 4 nitrogen and oxygen atoms in total. The van der Waals surface area contributed by atoms with Crippen LogP contribution in [0, 0.1) is 0 Å². The molecule has 1 aromatic rings. The molecule has 0 saturated heterocycles. The molecule has 0 fully saturated rings. The number of hydrogen-bond donors (Lipinski definition) is 0. The minimum Gasteiger partial charge on any atom is -0.286 e. The maximum Gasteiger partial charge on any atom is 0.331 e. The van der Waals surface area contributed by atoms with Crippen LogP contribution in [0.1, 0.15) is 5.56 Å². The molecular weight excluding hydrogens is 235 g/mol. The number of hydrogen-bond acceptors (Lipinski definition) is 2. The molecule has 1 rings (SSSR count). The fourth-order valence-corrected chi connectivity index (χ4v) is 1.48. The summed E-state index contributed by atoms with van der Waals surface area (Å²) in [5.41, 5.74) is -1.66. The summed E-state index contributed by atoms with van der Waals surface area (Å²) < 4.78 is 14.8. The summed E-state index contributed by atoms with van der Waals surface area (Å²) in [4.78, 5) is 23.2. The average molecular weight is 245 g/mol. The van der Waals surface area contributed by atoms with Crippen LogP contribution in [0.2, 0.25) is 5.15 Å². The lowest BCUT2D eigenvalue weighted by molar-refractivity contribution is 0.665. The maximum absolute atomic E-state index is 12.9. The van der Waals surface area contributed by atoms with Crippen LogP contribution in [0.5, 0.6) is 0 Å². The summed E-state index contributed by atoms with van der Waals surface area (Å²) in [6.45, 7) is 6.41. The highest BCUT2D eigenvalue weighted by Crippen LogP contribution is 2.23. The third-order valence-electron chi connectivity index (χ3n) is 2.22. The molecule has 0 aliphatic rings. The smallest absolute Gasteiger partial charge is 0.286 e. The number of rotatable bonds is 2. The Labute approximate surface area is 95.9 Å². The largest absolute Gasteiger partial charge is 0.331 e. The van der Waals surface area contributed by atoms with Gasteiger partial charge in [0.25, 0.3) is 5.56 Å². The molecule has 0 aromatic carbocycles. The van der Waals surface area contributed by atoms with Crippen molar-refractivity contribution in [3.05, 3.63) is 50.5 Å². The monoisotopic (exact) mass is 244 g/mol. The lowest BCUT2D eigenvalue weighted by Gasteiger charge is -2.10. The Morgan fingerprint density at radius 1 is 1.25 bits per heavy atom. The van der Waals surface area contributed by atoms with Crippen molar-refractivity contribution in [3.8, 4) is 0 Å². The lowest BCUT2D eigenvalue weighted by Crippen LogP contribution is -2.39. The molecule has 0 amide bonds. The molecule has 0 radical (unpaired) electrons. The van der Waals surface area contributed by atoms with Crippen LogP contribution >= 0.6 is 11.6 Å². The van der Waals surface area contributed by atoms with Gasteiger partial charge in [0.1, 0.15) is 11.0 Å². The molecule has 1 aromatic heterocycles. The van der Waals surface area contributed by atoms with E-state index in [1.165, 1.54) is 14.1 Å². The van der Waals surface area contributed by atoms with Gasteiger partial charge in [-0.15, -0.1) is 0 Å². The van der Waals surface area contributed by atoms with Crippen molar-refractivity contribution in [3.63, 3.8) is 0 Å². The molecule has 1 heterocycles. The first-order valence-electron chi connectivity index (χ1n) is 4.28. The molecule has 0 unspecified atom stereocenters. The van der Waals surface area contributed by atoms with Crippen molar-refractivity contribution in [2.45, 2.75) is 0 Å². The van der Waals surface area contributed by atoms with Crippen molar-refractivity contribution >= 4 is 17.2 Å². The van der Waals surface area contributed by atoms with Gasteiger partial charge in [-0.2, -0.15) is 0 Å². The van der Waals surface area contributed by atoms with Gasteiger partial charge in [0, 0.05) is 19.7 Å². The Morgan fingerprint density at radius 2 is 1.75 bits per heavy atom. The van der Waals surface area contributed by atoms with Gasteiger partial charge < -0.3 is 0 Å². The van der Waals surface area contributed by atoms with Gasteiger partial charge in [0.05, 0.1) is 5.56 Å². The summed E-state index contributed by atoms with van der Waals surface area (Å²) in [6.07, 6.45) is 0. The Bertz CT molecular complexity index is 598. The molecule has 0 aliphatic carbocycles. The second-order valence-corrected chi connectivity index (χ2v) is 3.61. The molecule has 6 heteroatoms. The first-order chi connectivity index (χ1) is 7.29. The molecule has 86 valence electrons. The van der Waals surface area contributed by atoms with Gasteiger partial charge in [-0.25, -0.2) is 9.18 Å². The molecular formula is C10H10ClFN2O2. The number of aromatic nitrogens is 2. The summed E-state index contributed by atoms with van der Waals surface area (Å²) in [7, 11) is 2.65. The third-order valence-corrected chi connectivity index (χ3v) is 2.66. The minimum absolute atomic E-state index is 0.154. The predicted molar refractivity (Wildman–Crippen MR) is 61.2 cm³/mol. The van der Waals surface area contributed by atoms with Crippen molar-refractivity contribution in [1.29, 1.82) is 0 Å². The summed E-state index contributed by atoms with van der Waals surface area (Å²) in [5, 5.41) is -0.156. The van der Waals surface area contributed by atoms with E-state index in [0.717, 1.165) is 9.13 Å². The highest BCUT2D eigenvalue weighted by molar-refractivity contribution is 6.31. The van der Waals surface area contributed by atoms with Crippen LogP contribution in [0.3, 0.4) is 0 Å². The van der Waals surface area contributed by atoms with E-state index >= 15 is 0 Å². The van der Waals surface area contributed by atoms with Crippen molar-refractivity contribution in [2.75, 3.05) is 0 Å². The zero-order chi connectivity index (χ0) is 12.6. The Morgan fingerprint density at radius 3 is 2.19 bits per heavy atom. The Balaban J connectivity index is 3.79. The first kappa shape index (κ1) is 12.4. The second-order valence-electron chi connectivity index (χ2n) is 3.26. The van der Waals surface area contributed by atoms with Gasteiger partial charge in [-0.3, -0.25) is 13.9 Å².